The van der Waals surface area contributed by atoms with Crippen molar-refractivity contribution in [1.29, 1.82) is 0 Å². The quantitative estimate of drug-likeness (QED) is 0.716. The van der Waals surface area contributed by atoms with Gasteiger partial charge in [0.2, 0.25) is 5.88 Å². The Hall–Kier alpha value is -2.68. The summed E-state index contributed by atoms with van der Waals surface area (Å²) in [5, 5.41) is 12.7. The van der Waals surface area contributed by atoms with Crippen LogP contribution in [-0.4, -0.2) is 34.8 Å². The molecule has 0 aliphatic rings. The van der Waals surface area contributed by atoms with Gasteiger partial charge in [0.1, 0.15) is 11.5 Å². The minimum absolute atomic E-state index is 0.113. The number of halogens is 4. The van der Waals surface area contributed by atoms with Crippen LogP contribution in [0.4, 0.5) is 17.6 Å². The fraction of sp³-hybridized carbons (Fsp3) is 0.333. The lowest BCUT2D eigenvalue weighted by Crippen LogP contribution is -2.34. The molecule has 2 N–H and O–H groups in total. The average molecular weight is 386 g/mol. The van der Waals surface area contributed by atoms with Gasteiger partial charge in [0, 0.05) is 12.1 Å². The van der Waals surface area contributed by atoms with Crippen molar-refractivity contribution in [2.75, 3.05) is 6.61 Å². The molecule has 1 aromatic carbocycles. The van der Waals surface area contributed by atoms with Crippen LogP contribution in [0.3, 0.4) is 0 Å². The van der Waals surface area contributed by atoms with E-state index in [-0.39, 0.29) is 18.0 Å². The summed E-state index contributed by atoms with van der Waals surface area (Å²) in [5.74, 6) is -1.36. The summed E-state index contributed by atoms with van der Waals surface area (Å²) in [7, 11) is 0. The van der Waals surface area contributed by atoms with Crippen molar-refractivity contribution in [1.82, 2.24) is 10.3 Å². The molecule has 9 heteroatoms. The number of nitrogens with one attached hydrogen (secondary N) is 1. The monoisotopic (exact) mass is 386 g/mol. The van der Waals surface area contributed by atoms with Crippen LogP contribution in [-0.2, 0) is 0 Å². The van der Waals surface area contributed by atoms with Crippen molar-refractivity contribution in [2.24, 2.45) is 0 Å². The molecule has 1 amide bonds. The Balaban J connectivity index is 1.92. The molecule has 0 unspecified atom stereocenters. The lowest BCUT2D eigenvalue weighted by atomic mass is 10.0. The molecule has 0 saturated heterocycles. The highest BCUT2D eigenvalue weighted by molar-refractivity contribution is 5.92. The molecule has 1 heterocycles. The first kappa shape index (κ1) is 20.6. The molecule has 0 fully saturated rings. The van der Waals surface area contributed by atoms with Crippen LogP contribution in [0.5, 0.6) is 5.88 Å². The number of aromatic nitrogens is 1. The maximum atomic E-state index is 12.9. The van der Waals surface area contributed by atoms with E-state index in [4.69, 9.17) is 0 Å². The number of hydrogen-bond acceptors (Lipinski definition) is 4. The summed E-state index contributed by atoms with van der Waals surface area (Å²) < 4.78 is 54.0. The molecule has 2 aromatic rings. The number of alkyl halides is 3. The van der Waals surface area contributed by atoms with Gasteiger partial charge in [0.15, 0.2) is 6.61 Å². The van der Waals surface area contributed by atoms with Gasteiger partial charge < -0.3 is 15.2 Å². The van der Waals surface area contributed by atoms with Crippen LogP contribution >= 0.6 is 0 Å². The van der Waals surface area contributed by atoms with Gasteiger partial charge in [-0.3, -0.25) is 4.79 Å². The molecular weight excluding hydrogens is 368 g/mol. The number of hydrogen-bond donors (Lipinski definition) is 2. The first-order valence-corrected chi connectivity index (χ1v) is 8.05. The first-order valence-electron chi connectivity index (χ1n) is 8.05. The largest absolute Gasteiger partial charge is 0.468 e. The van der Waals surface area contributed by atoms with Crippen LogP contribution in [0.1, 0.15) is 35.5 Å². The van der Waals surface area contributed by atoms with Crippen LogP contribution in [0.25, 0.3) is 0 Å². The molecule has 0 radical (unpaired) electrons. The zero-order valence-electron chi connectivity index (χ0n) is 14.3. The van der Waals surface area contributed by atoms with E-state index >= 15 is 0 Å². The maximum Gasteiger partial charge on any atom is 0.422 e. The maximum absolute atomic E-state index is 12.9. The van der Waals surface area contributed by atoms with Gasteiger partial charge >= 0.3 is 6.18 Å². The number of carbonyl (C=O) groups excluding carboxylic acids is 1. The minimum Gasteiger partial charge on any atom is -0.468 e. The number of amides is 1. The number of ether oxygens (including phenoxy) is 1. The summed E-state index contributed by atoms with van der Waals surface area (Å²) in [4.78, 5) is 15.9. The molecule has 0 aliphatic heterocycles. The second-order valence-electron chi connectivity index (χ2n) is 5.94. The normalized spacial score (nSPS) is 13.7. The van der Waals surface area contributed by atoms with Crippen molar-refractivity contribution in [3.05, 3.63) is 59.5 Å². The molecule has 0 aliphatic carbocycles. The smallest absolute Gasteiger partial charge is 0.422 e. The fourth-order valence-electron chi connectivity index (χ4n) is 2.29. The van der Waals surface area contributed by atoms with E-state index in [1.807, 2.05) is 0 Å². The van der Waals surface area contributed by atoms with Crippen molar-refractivity contribution >= 4 is 5.91 Å². The zero-order chi connectivity index (χ0) is 20.0. The highest BCUT2D eigenvalue weighted by atomic mass is 19.4. The molecule has 27 heavy (non-hydrogen) atoms. The van der Waals surface area contributed by atoms with E-state index in [0.717, 1.165) is 0 Å². The number of aliphatic hydroxyl groups is 1. The van der Waals surface area contributed by atoms with Gasteiger partial charge in [-0.25, -0.2) is 9.37 Å². The van der Waals surface area contributed by atoms with Crippen LogP contribution in [0, 0.1) is 5.82 Å². The van der Waals surface area contributed by atoms with Gasteiger partial charge in [-0.05, 0) is 37.1 Å². The van der Waals surface area contributed by atoms with Crippen LogP contribution in [0.15, 0.2) is 42.5 Å². The third-order valence-corrected chi connectivity index (χ3v) is 3.55. The number of benzene rings is 1. The third kappa shape index (κ3) is 6.86. The van der Waals surface area contributed by atoms with Crippen LogP contribution in [0.2, 0.25) is 0 Å². The van der Waals surface area contributed by atoms with Crippen molar-refractivity contribution < 1.29 is 32.2 Å². The summed E-state index contributed by atoms with van der Waals surface area (Å²) in [6.07, 6.45) is -5.28. The summed E-state index contributed by atoms with van der Waals surface area (Å²) >= 11 is 0. The number of carbonyl (C=O) groups is 1. The summed E-state index contributed by atoms with van der Waals surface area (Å²) in [6, 6.07) is 8.75. The third-order valence-electron chi connectivity index (χ3n) is 3.55. The lowest BCUT2D eigenvalue weighted by molar-refractivity contribution is -0.154. The van der Waals surface area contributed by atoms with Gasteiger partial charge in [0.25, 0.3) is 5.91 Å². The van der Waals surface area contributed by atoms with Gasteiger partial charge in [0.05, 0.1) is 6.10 Å². The van der Waals surface area contributed by atoms with Crippen molar-refractivity contribution in [3.8, 4) is 5.88 Å². The van der Waals surface area contributed by atoms with Crippen LogP contribution < -0.4 is 10.1 Å². The van der Waals surface area contributed by atoms with Gasteiger partial charge in [-0.15, -0.1) is 0 Å². The summed E-state index contributed by atoms with van der Waals surface area (Å²) in [6.45, 7) is 0.139. The Bertz CT molecular complexity index is 766. The molecule has 2 rings (SSSR count). The predicted molar refractivity (Wildman–Crippen MR) is 88.7 cm³/mol. The molecular formula is C18H18F4N2O3. The van der Waals surface area contributed by atoms with E-state index in [9.17, 15) is 27.5 Å². The molecule has 0 spiro atoms. The van der Waals surface area contributed by atoms with Gasteiger partial charge in [-0.2, -0.15) is 13.2 Å². The molecule has 0 bridgehead atoms. The zero-order valence-corrected chi connectivity index (χ0v) is 14.3. The Kier molecular flexibility index (Phi) is 6.73. The molecule has 0 saturated carbocycles. The highest BCUT2D eigenvalue weighted by Gasteiger charge is 2.28. The van der Waals surface area contributed by atoms with E-state index in [0.29, 0.717) is 5.56 Å². The van der Waals surface area contributed by atoms with E-state index in [2.05, 4.69) is 15.0 Å². The number of nitrogens with zero attached hydrogens (tertiary/aromatic N) is 1. The van der Waals surface area contributed by atoms with Crippen molar-refractivity contribution in [3.63, 3.8) is 0 Å². The highest BCUT2D eigenvalue weighted by Crippen LogP contribution is 2.19. The fourth-order valence-corrected chi connectivity index (χ4v) is 2.29. The number of aliphatic hydroxyl groups excluding tert-OH is 1. The Morgan fingerprint density at radius 1 is 1.22 bits per heavy atom. The molecule has 5 nitrogen and oxygen atoms in total. The topological polar surface area (TPSA) is 71.5 Å². The Morgan fingerprint density at radius 3 is 2.52 bits per heavy atom. The molecule has 2 atom stereocenters. The standard InChI is InChI=1S/C18H18F4N2O3/c1-11(9-15(25)12-5-7-13(19)8-6-12)23-17(26)14-3-2-4-16(24-14)27-10-18(20,21)22/h2-8,11,15,25H,9-10H2,1H3,(H,23,26)/t11-,15-/m0/s1. The predicted octanol–water partition coefficient (Wildman–Crippen LogP) is 3.40. The minimum atomic E-state index is -4.51. The molecule has 146 valence electrons. The number of pyridine rings is 1. The average Bonchev–Trinajstić information content (AvgIpc) is 2.60. The first-order chi connectivity index (χ1) is 12.6. The van der Waals surface area contributed by atoms with Gasteiger partial charge in [-0.1, -0.05) is 18.2 Å². The molecule has 1 aromatic heterocycles. The summed E-state index contributed by atoms with van der Waals surface area (Å²) in [5.41, 5.74) is 0.385. The second-order valence-corrected chi connectivity index (χ2v) is 5.94. The number of rotatable bonds is 7. The van der Waals surface area contributed by atoms with E-state index in [1.54, 1.807) is 6.92 Å². The lowest BCUT2D eigenvalue weighted by Gasteiger charge is -2.18. The Labute approximate surface area is 153 Å². The van der Waals surface area contributed by atoms with Crippen molar-refractivity contribution in [2.45, 2.75) is 31.7 Å². The second kappa shape index (κ2) is 8.81. The Morgan fingerprint density at radius 2 is 1.89 bits per heavy atom. The van der Waals surface area contributed by atoms with E-state index < -0.39 is 36.7 Å². The van der Waals surface area contributed by atoms with E-state index in [1.165, 1.54) is 42.5 Å². The SMILES string of the molecule is C[C@@H](C[C@H](O)c1ccc(F)cc1)NC(=O)c1cccc(OCC(F)(F)F)n1.